The van der Waals surface area contributed by atoms with Gasteiger partial charge in [0.1, 0.15) is 5.82 Å². The number of nitrogens with one attached hydrogen (secondary N) is 2. The Kier molecular flexibility index (Phi) is 4.83. The Hall–Kier alpha value is -1.83. The molecule has 21 heavy (non-hydrogen) atoms. The van der Waals surface area contributed by atoms with Crippen LogP contribution in [0.1, 0.15) is 29.9 Å². The summed E-state index contributed by atoms with van der Waals surface area (Å²) in [7, 11) is 1.55. The molecule has 0 saturated carbocycles. The fourth-order valence-electron chi connectivity index (χ4n) is 1.77. The predicted molar refractivity (Wildman–Crippen MR) is 72.1 cm³/mol. The summed E-state index contributed by atoms with van der Waals surface area (Å²) in [5.41, 5.74) is -1.11. The van der Waals surface area contributed by atoms with E-state index in [0.717, 1.165) is 13.8 Å². The molecule has 1 aromatic heterocycles. The second-order valence-electron chi connectivity index (χ2n) is 5.22. The maximum Gasteiger partial charge on any atom is 0.416 e. The van der Waals surface area contributed by atoms with E-state index in [0.29, 0.717) is 5.69 Å². The van der Waals surface area contributed by atoms with Crippen molar-refractivity contribution in [1.82, 2.24) is 10.3 Å². The van der Waals surface area contributed by atoms with Gasteiger partial charge in [-0.2, -0.15) is 13.2 Å². The summed E-state index contributed by atoms with van der Waals surface area (Å²) in [6, 6.07) is 3.03. The zero-order valence-electron chi connectivity index (χ0n) is 12.2. The van der Waals surface area contributed by atoms with Crippen LogP contribution in [0.15, 0.2) is 12.1 Å². The van der Waals surface area contributed by atoms with Gasteiger partial charge in [-0.3, -0.25) is 4.79 Å². The average Bonchev–Trinajstić information content (AvgIpc) is 2.35. The monoisotopic (exact) mass is 305 g/mol. The van der Waals surface area contributed by atoms with E-state index in [1.807, 2.05) is 0 Å². The van der Waals surface area contributed by atoms with E-state index in [1.54, 1.807) is 20.0 Å². The van der Waals surface area contributed by atoms with Crippen LogP contribution in [0.3, 0.4) is 0 Å². The van der Waals surface area contributed by atoms with Gasteiger partial charge in [-0.05, 0) is 32.9 Å². The maximum absolute atomic E-state index is 12.6. The summed E-state index contributed by atoms with van der Waals surface area (Å²) >= 11 is 0. The number of pyridine rings is 1. The number of nitrogens with zero attached hydrogens (tertiary/aromatic N) is 1. The number of aliphatic hydroxyl groups is 1. The van der Waals surface area contributed by atoms with Gasteiger partial charge >= 0.3 is 6.18 Å². The molecule has 118 valence electrons. The van der Waals surface area contributed by atoms with E-state index in [-0.39, 0.29) is 11.4 Å². The number of rotatable bonds is 4. The van der Waals surface area contributed by atoms with Gasteiger partial charge in [0.15, 0.2) is 6.10 Å². The summed E-state index contributed by atoms with van der Waals surface area (Å²) in [5, 5.41) is 14.2. The number of carbonyl (C=O) groups excluding carboxylic acids is 1. The highest BCUT2D eigenvalue weighted by Gasteiger charge is 2.48. The topological polar surface area (TPSA) is 74.2 Å². The number of hydrogen-bond acceptors (Lipinski definition) is 4. The Morgan fingerprint density at radius 1 is 1.33 bits per heavy atom. The highest BCUT2D eigenvalue weighted by atomic mass is 19.4. The van der Waals surface area contributed by atoms with Crippen LogP contribution in [0.4, 0.5) is 19.0 Å². The number of alkyl halides is 3. The van der Waals surface area contributed by atoms with Gasteiger partial charge in [0.05, 0.1) is 11.1 Å². The molecule has 0 bridgehead atoms. The first kappa shape index (κ1) is 17.2. The minimum atomic E-state index is -4.83. The molecule has 0 aliphatic rings. The van der Waals surface area contributed by atoms with Crippen molar-refractivity contribution < 1.29 is 23.1 Å². The number of aryl methyl sites for hydroxylation is 1. The molecule has 0 aliphatic carbocycles. The fraction of sp³-hybridized carbons (Fsp3) is 0.538. The molecule has 0 spiro atoms. The van der Waals surface area contributed by atoms with Crippen LogP contribution in [0, 0.1) is 6.92 Å². The van der Waals surface area contributed by atoms with Gasteiger partial charge in [0, 0.05) is 12.7 Å². The van der Waals surface area contributed by atoms with Crippen LogP contribution >= 0.6 is 0 Å². The number of aromatic nitrogens is 1. The lowest BCUT2D eigenvalue weighted by Gasteiger charge is -2.32. The molecule has 1 rings (SSSR count). The van der Waals surface area contributed by atoms with Gasteiger partial charge in [-0.15, -0.1) is 0 Å². The van der Waals surface area contributed by atoms with Crippen LogP contribution in [0.2, 0.25) is 0 Å². The molecule has 8 heteroatoms. The number of amides is 1. The Morgan fingerprint density at radius 3 is 2.38 bits per heavy atom. The minimum absolute atomic E-state index is 0.102. The number of aliphatic hydroxyl groups excluding tert-OH is 1. The fourth-order valence-corrected chi connectivity index (χ4v) is 1.77. The van der Waals surface area contributed by atoms with E-state index >= 15 is 0 Å². The Bertz CT molecular complexity index is 530. The van der Waals surface area contributed by atoms with Crippen LogP contribution in [-0.2, 0) is 0 Å². The highest BCUT2D eigenvalue weighted by molar-refractivity contribution is 5.99. The van der Waals surface area contributed by atoms with Crippen molar-refractivity contribution in [3.8, 4) is 0 Å². The Balaban J connectivity index is 3.01. The zero-order chi connectivity index (χ0) is 16.4. The molecule has 1 aromatic rings. The third-order valence-electron chi connectivity index (χ3n) is 2.95. The van der Waals surface area contributed by atoms with Gasteiger partial charge in [-0.1, -0.05) is 0 Å². The zero-order valence-corrected chi connectivity index (χ0v) is 12.2. The van der Waals surface area contributed by atoms with Crippen molar-refractivity contribution in [1.29, 1.82) is 0 Å². The minimum Gasteiger partial charge on any atom is -0.382 e. The molecule has 1 amide bonds. The quantitative estimate of drug-likeness (QED) is 0.794. The first-order valence-corrected chi connectivity index (χ1v) is 6.21. The van der Waals surface area contributed by atoms with Crippen molar-refractivity contribution in [2.75, 3.05) is 12.4 Å². The summed E-state index contributed by atoms with van der Waals surface area (Å²) in [4.78, 5) is 16.2. The Morgan fingerprint density at radius 2 is 1.90 bits per heavy atom. The average molecular weight is 305 g/mol. The lowest BCUT2D eigenvalue weighted by atomic mass is 9.96. The van der Waals surface area contributed by atoms with Gasteiger partial charge in [0.25, 0.3) is 5.91 Å². The van der Waals surface area contributed by atoms with Crippen molar-refractivity contribution >= 4 is 11.7 Å². The number of carbonyl (C=O) groups is 1. The molecular formula is C13H18F3N3O2. The second-order valence-corrected chi connectivity index (χ2v) is 5.22. The first-order chi connectivity index (χ1) is 9.49. The summed E-state index contributed by atoms with van der Waals surface area (Å²) in [5.74, 6) is -0.495. The molecule has 3 N–H and O–H groups in total. The number of hydrogen-bond donors (Lipinski definition) is 3. The third-order valence-corrected chi connectivity index (χ3v) is 2.95. The predicted octanol–water partition coefficient (Wildman–Crippen LogP) is 1.86. The highest BCUT2D eigenvalue weighted by Crippen LogP contribution is 2.28. The molecule has 0 fully saturated rings. The number of anilines is 1. The van der Waals surface area contributed by atoms with E-state index in [4.69, 9.17) is 0 Å². The third kappa shape index (κ3) is 4.07. The second kappa shape index (κ2) is 5.88. The van der Waals surface area contributed by atoms with E-state index in [1.165, 1.54) is 6.07 Å². The van der Waals surface area contributed by atoms with Crippen LogP contribution in [-0.4, -0.2) is 40.9 Å². The van der Waals surface area contributed by atoms with Crippen molar-refractivity contribution in [3.63, 3.8) is 0 Å². The van der Waals surface area contributed by atoms with Crippen LogP contribution in [0.25, 0.3) is 0 Å². The van der Waals surface area contributed by atoms with Crippen molar-refractivity contribution in [3.05, 3.63) is 23.4 Å². The first-order valence-electron chi connectivity index (χ1n) is 6.21. The lowest BCUT2D eigenvalue weighted by Crippen LogP contribution is -2.57. The van der Waals surface area contributed by atoms with Gasteiger partial charge in [0.2, 0.25) is 0 Å². The molecule has 1 atom stereocenters. The molecule has 1 heterocycles. The number of halogens is 3. The molecule has 1 unspecified atom stereocenters. The summed E-state index contributed by atoms with van der Waals surface area (Å²) in [6.07, 6.45) is -7.50. The Labute approximate surface area is 120 Å². The van der Waals surface area contributed by atoms with Gasteiger partial charge < -0.3 is 15.7 Å². The SMILES string of the molecule is CNc1nc(C)ccc1C(=O)NC(C)(C)C(O)C(F)(F)F. The van der Waals surface area contributed by atoms with Crippen molar-refractivity contribution in [2.24, 2.45) is 0 Å². The van der Waals surface area contributed by atoms with Crippen LogP contribution in [0.5, 0.6) is 0 Å². The lowest BCUT2D eigenvalue weighted by molar-refractivity contribution is -0.222. The standard InChI is InChI=1S/C13H18F3N3O2/c1-7-5-6-8(9(17-4)18-7)10(20)19-12(2,3)11(21)13(14,15)16/h5-6,11,21H,1-4H3,(H,17,18)(H,19,20). The molecular weight excluding hydrogens is 287 g/mol. The van der Waals surface area contributed by atoms with E-state index in [2.05, 4.69) is 15.6 Å². The van der Waals surface area contributed by atoms with Crippen LogP contribution < -0.4 is 10.6 Å². The molecule has 0 radical (unpaired) electrons. The summed E-state index contributed by atoms with van der Waals surface area (Å²) < 4.78 is 37.7. The largest absolute Gasteiger partial charge is 0.416 e. The molecule has 0 aliphatic heterocycles. The van der Waals surface area contributed by atoms with E-state index in [9.17, 15) is 23.1 Å². The summed E-state index contributed by atoms with van der Waals surface area (Å²) in [6.45, 7) is 3.92. The van der Waals surface area contributed by atoms with E-state index < -0.39 is 23.7 Å². The maximum atomic E-state index is 12.6. The molecule has 0 saturated heterocycles. The normalized spacial score (nSPS) is 13.7. The van der Waals surface area contributed by atoms with Crippen molar-refractivity contribution in [2.45, 2.75) is 38.6 Å². The smallest absolute Gasteiger partial charge is 0.382 e. The van der Waals surface area contributed by atoms with Gasteiger partial charge in [-0.25, -0.2) is 4.98 Å². The molecule has 0 aromatic carbocycles. The molecule has 5 nitrogen and oxygen atoms in total.